The van der Waals surface area contributed by atoms with Gasteiger partial charge in [0.15, 0.2) is 10.5 Å². The van der Waals surface area contributed by atoms with Crippen molar-refractivity contribution < 1.29 is 32.6 Å². The molecule has 0 saturated carbocycles. The molecule has 0 amide bonds. The van der Waals surface area contributed by atoms with Gasteiger partial charge in [-0.1, -0.05) is 6.92 Å². The van der Waals surface area contributed by atoms with E-state index in [1.165, 1.54) is 38.3 Å². The van der Waals surface area contributed by atoms with Crippen molar-refractivity contribution in [3.05, 3.63) is 29.8 Å². The zero-order chi connectivity index (χ0) is 16.3. The monoisotopic (exact) mass is 322 g/mol. The number of aliphatic carboxylic acids is 1. The predicted molar refractivity (Wildman–Crippen MR) is 71.6 cm³/mol. The zero-order valence-corrected chi connectivity index (χ0v) is 12.0. The smallest absolute Gasteiger partial charge is 0.443 e. The number of ether oxygens (including phenoxy) is 1. The Labute approximate surface area is 123 Å². The van der Waals surface area contributed by atoms with Crippen molar-refractivity contribution in [1.82, 2.24) is 0 Å². The van der Waals surface area contributed by atoms with Crippen molar-refractivity contribution in [2.24, 2.45) is 0 Å². The van der Waals surface area contributed by atoms with Crippen molar-refractivity contribution >= 4 is 23.5 Å². The number of carboxylic acid groups (broad SMARTS) is 1. The lowest BCUT2D eigenvalue weighted by Gasteiger charge is -2.26. The van der Waals surface area contributed by atoms with E-state index in [1.54, 1.807) is 0 Å². The van der Waals surface area contributed by atoms with Gasteiger partial charge in [0.1, 0.15) is 5.75 Å². The molecule has 8 heteroatoms. The lowest BCUT2D eigenvalue weighted by atomic mass is 9.94. The molecule has 0 heterocycles. The predicted octanol–water partition coefficient (Wildman–Crippen LogP) is 3.36. The summed E-state index contributed by atoms with van der Waals surface area (Å²) < 4.78 is 40.1. The van der Waals surface area contributed by atoms with Gasteiger partial charge in [-0.25, -0.2) is 0 Å². The molecule has 1 atom stereocenters. The molecule has 1 unspecified atom stereocenters. The van der Waals surface area contributed by atoms with Gasteiger partial charge in [-0.3, -0.25) is 9.59 Å². The van der Waals surface area contributed by atoms with Gasteiger partial charge in [-0.05, 0) is 42.4 Å². The first-order valence-electron chi connectivity index (χ1n) is 5.85. The van der Waals surface area contributed by atoms with Crippen molar-refractivity contribution in [2.75, 3.05) is 7.11 Å². The number of ketones is 1. The first-order chi connectivity index (χ1) is 9.66. The second-order valence-electron chi connectivity index (χ2n) is 4.09. The van der Waals surface area contributed by atoms with E-state index < -0.39 is 40.2 Å². The van der Waals surface area contributed by atoms with E-state index in [2.05, 4.69) is 0 Å². The minimum Gasteiger partial charge on any atom is -0.497 e. The lowest BCUT2D eigenvalue weighted by Crippen LogP contribution is -2.45. The number of carbonyl (C=O) groups is 2. The molecule has 1 N–H and O–H groups in total. The number of carbonyl (C=O) groups excluding carboxylic acids is 1. The Morgan fingerprint density at radius 1 is 1.24 bits per heavy atom. The molecule has 0 aliphatic heterocycles. The van der Waals surface area contributed by atoms with Crippen LogP contribution in [0.4, 0.5) is 13.2 Å². The Morgan fingerprint density at radius 3 is 2.10 bits per heavy atom. The number of halogens is 3. The van der Waals surface area contributed by atoms with Crippen LogP contribution < -0.4 is 4.74 Å². The summed E-state index contributed by atoms with van der Waals surface area (Å²) in [6.45, 7) is 1.23. The number of methoxy groups -OCH3 is 1. The maximum absolute atomic E-state index is 12.6. The van der Waals surface area contributed by atoms with Crippen LogP contribution in [0, 0.1) is 0 Å². The Kier molecular flexibility index (Phi) is 5.27. The van der Waals surface area contributed by atoms with Crippen LogP contribution in [0.25, 0.3) is 0 Å². The SMILES string of the molecule is CCC(SC(F)(F)F)(C(=O)O)C(=O)c1ccc(OC)cc1. The largest absolute Gasteiger partial charge is 0.497 e. The molecule has 21 heavy (non-hydrogen) atoms. The van der Waals surface area contributed by atoms with Gasteiger partial charge in [0.2, 0.25) is 0 Å². The second-order valence-corrected chi connectivity index (χ2v) is 5.46. The molecule has 116 valence electrons. The zero-order valence-electron chi connectivity index (χ0n) is 11.2. The summed E-state index contributed by atoms with van der Waals surface area (Å²) in [5.74, 6) is -2.50. The molecular weight excluding hydrogens is 309 g/mol. The average molecular weight is 322 g/mol. The number of hydrogen-bond donors (Lipinski definition) is 1. The molecular formula is C13H13F3O4S. The van der Waals surface area contributed by atoms with Gasteiger partial charge in [0, 0.05) is 5.56 Å². The van der Waals surface area contributed by atoms with E-state index in [4.69, 9.17) is 9.84 Å². The van der Waals surface area contributed by atoms with Crippen LogP contribution in [0.2, 0.25) is 0 Å². The third-order valence-electron chi connectivity index (χ3n) is 2.85. The Morgan fingerprint density at radius 2 is 1.76 bits per heavy atom. The fraction of sp³-hybridized carbons (Fsp3) is 0.385. The number of benzene rings is 1. The van der Waals surface area contributed by atoms with Gasteiger partial charge < -0.3 is 9.84 Å². The van der Waals surface area contributed by atoms with Crippen molar-refractivity contribution in [3.63, 3.8) is 0 Å². The Bertz CT molecular complexity index is 527. The fourth-order valence-corrected chi connectivity index (χ4v) is 2.58. The lowest BCUT2D eigenvalue weighted by molar-refractivity contribution is -0.139. The van der Waals surface area contributed by atoms with E-state index in [-0.39, 0.29) is 5.56 Å². The van der Waals surface area contributed by atoms with Gasteiger partial charge in [-0.2, -0.15) is 13.2 Å². The van der Waals surface area contributed by atoms with Gasteiger partial charge in [-0.15, -0.1) is 0 Å². The molecule has 0 aliphatic rings. The highest BCUT2D eigenvalue weighted by molar-refractivity contribution is 8.03. The molecule has 0 spiro atoms. The molecule has 1 rings (SSSR count). The summed E-state index contributed by atoms with van der Waals surface area (Å²) in [5, 5.41) is 9.15. The van der Waals surface area contributed by atoms with Crippen LogP contribution in [0.1, 0.15) is 23.7 Å². The number of Topliss-reactive ketones (excluding diaryl/α,β-unsaturated/α-hetero) is 1. The third-order valence-corrected chi connectivity index (χ3v) is 4.08. The average Bonchev–Trinajstić information content (AvgIpc) is 2.42. The first-order valence-corrected chi connectivity index (χ1v) is 6.67. The van der Waals surface area contributed by atoms with Crippen molar-refractivity contribution in [2.45, 2.75) is 23.6 Å². The van der Waals surface area contributed by atoms with Gasteiger partial charge in [0.05, 0.1) is 7.11 Å². The van der Waals surface area contributed by atoms with E-state index in [0.29, 0.717) is 5.75 Å². The van der Waals surface area contributed by atoms with Crippen molar-refractivity contribution in [3.8, 4) is 5.75 Å². The minimum absolute atomic E-state index is 0.114. The highest BCUT2D eigenvalue weighted by atomic mass is 32.2. The molecule has 4 nitrogen and oxygen atoms in total. The highest BCUT2D eigenvalue weighted by Gasteiger charge is 2.53. The Balaban J connectivity index is 3.24. The van der Waals surface area contributed by atoms with E-state index in [9.17, 15) is 22.8 Å². The standard InChI is InChI=1S/C13H13F3O4S/c1-3-12(11(18)19,21-13(14,15)16)10(17)8-4-6-9(20-2)7-5-8/h4-7H,3H2,1-2H3,(H,18,19). The maximum atomic E-state index is 12.6. The fourth-order valence-electron chi connectivity index (χ4n) is 1.74. The number of alkyl halides is 3. The van der Waals surface area contributed by atoms with Gasteiger partial charge >= 0.3 is 11.5 Å². The highest BCUT2D eigenvalue weighted by Crippen LogP contribution is 2.44. The summed E-state index contributed by atoms with van der Waals surface area (Å²) in [6, 6.07) is 5.25. The van der Waals surface area contributed by atoms with Crippen LogP contribution in [-0.4, -0.2) is 34.2 Å². The minimum atomic E-state index is -4.84. The van der Waals surface area contributed by atoms with Gasteiger partial charge in [0.25, 0.3) is 0 Å². The number of thioether (sulfide) groups is 1. The maximum Gasteiger partial charge on any atom is 0.443 e. The molecule has 0 aliphatic carbocycles. The van der Waals surface area contributed by atoms with E-state index in [0.717, 1.165) is 0 Å². The molecule has 0 radical (unpaired) electrons. The van der Waals surface area contributed by atoms with Crippen molar-refractivity contribution in [1.29, 1.82) is 0 Å². The number of hydrogen-bond acceptors (Lipinski definition) is 4. The number of rotatable bonds is 6. The molecule has 0 fully saturated rings. The van der Waals surface area contributed by atoms with Crippen LogP contribution in [0.3, 0.4) is 0 Å². The normalized spacial score (nSPS) is 14.3. The first kappa shape index (κ1) is 17.4. The molecule has 0 saturated heterocycles. The van der Waals surface area contributed by atoms with E-state index in [1.807, 2.05) is 0 Å². The molecule has 1 aromatic rings. The third kappa shape index (κ3) is 3.90. The second kappa shape index (κ2) is 6.38. The topological polar surface area (TPSA) is 63.6 Å². The van der Waals surface area contributed by atoms with E-state index >= 15 is 0 Å². The molecule has 0 bridgehead atoms. The summed E-state index contributed by atoms with van der Waals surface area (Å²) >= 11 is -0.810. The Hall–Kier alpha value is -1.70. The van der Waals surface area contributed by atoms with Crippen LogP contribution in [0.15, 0.2) is 24.3 Å². The van der Waals surface area contributed by atoms with Crippen LogP contribution >= 0.6 is 11.8 Å². The number of carboxylic acids is 1. The quantitative estimate of drug-likeness (QED) is 0.643. The summed E-state index contributed by atoms with van der Waals surface area (Å²) in [5.41, 5.74) is -4.95. The summed E-state index contributed by atoms with van der Waals surface area (Å²) in [7, 11) is 1.39. The summed E-state index contributed by atoms with van der Waals surface area (Å²) in [6.07, 6.45) is -0.489. The molecule has 1 aromatic carbocycles. The molecule has 0 aromatic heterocycles. The summed E-state index contributed by atoms with van der Waals surface area (Å²) in [4.78, 5) is 23.6. The van der Waals surface area contributed by atoms with Crippen LogP contribution in [-0.2, 0) is 4.79 Å². The van der Waals surface area contributed by atoms with Crippen LogP contribution in [0.5, 0.6) is 5.75 Å².